The molecule has 0 saturated heterocycles. The molecule has 4 nitrogen and oxygen atoms in total. The smallest absolute Gasteiger partial charge is 0.127 e. The second-order valence-electron chi connectivity index (χ2n) is 8.58. The van der Waals surface area contributed by atoms with E-state index in [1.165, 1.54) is 0 Å². The molecule has 0 aliphatic carbocycles. The van der Waals surface area contributed by atoms with Gasteiger partial charge in [0.15, 0.2) is 0 Å². The maximum absolute atomic E-state index is 11.0. The summed E-state index contributed by atoms with van der Waals surface area (Å²) in [5, 5.41) is 20.7. The van der Waals surface area contributed by atoms with Crippen LogP contribution in [0.1, 0.15) is 37.5 Å². The lowest BCUT2D eigenvalue weighted by molar-refractivity contribution is 0.448. The molecule has 0 saturated carbocycles. The van der Waals surface area contributed by atoms with Gasteiger partial charge in [-0.2, -0.15) is 4.80 Å². The van der Waals surface area contributed by atoms with Gasteiger partial charge in [0.25, 0.3) is 0 Å². The fourth-order valence-electron chi connectivity index (χ4n) is 3.63. The van der Waals surface area contributed by atoms with E-state index in [0.29, 0.717) is 10.8 Å². The third-order valence-electron chi connectivity index (χ3n) is 5.14. The van der Waals surface area contributed by atoms with Crippen LogP contribution in [0.2, 0.25) is 5.02 Å². The standard InChI is InChI=1S/C24H24ClN3O/c1-14-10-19(23(29)20(11-14)24(3,4)5)18-8-7-17(12-15(18)2)28-26-21-9-6-16(25)13-22(21)27-28/h6-13,29H,1-5H3. The van der Waals surface area contributed by atoms with E-state index >= 15 is 0 Å². The zero-order valence-electron chi connectivity index (χ0n) is 17.3. The van der Waals surface area contributed by atoms with E-state index < -0.39 is 0 Å². The Kier molecular flexibility index (Phi) is 4.62. The molecule has 1 heterocycles. The molecule has 1 N–H and O–H groups in total. The molecule has 0 aliphatic heterocycles. The molecule has 4 rings (SSSR count). The Morgan fingerprint density at radius 3 is 2.28 bits per heavy atom. The first-order chi connectivity index (χ1) is 13.6. The molecule has 0 bridgehead atoms. The topological polar surface area (TPSA) is 50.9 Å². The van der Waals surface area contributed by atoms with Crippen molar-refractivity contribution in [3.63, 3.8) is 0 Å². The van der Waals surface area contributed by atoms with Crippen LogP contribution >= 0.6 is 11.6 Å². The fourth-order valence-corrected chi connectivity index (χ4v) is 3.80. The Bertz CT molecular complexity index is 1240. The average Bonchev–Trinajstić information content (AvgIpc) is 3.05. The second kappa shape index (κ2) is 6.89. The summed E-state index contributed by atoms with van der Waals surface area (Å²) in [6.07, 6.45) is 0. The highest BCUT2D eigenvalue weighted by molar-refractivity contribution is 6.31. The van der Waals surface area contributed by atoms with Crippen LogP contribution in [-0.2, 0) is 5.41 Å². The molecule has 0 spiro atoms. The van der Waals surface area contributed by atoms with Crippen molar-refractivity contribution >= 4 is 22.6 Å². The van der Waals surface area contributed by atoms with Crippen molar-refractivity contribution in [2.75, 3.05) is 0 Å². The third-order valence-corrected chi connectivity index (χ3v) is 5.37. The van der Waals surface area contributed by atoms with Crippen LogP contribution in [0.3, 0.4) is 0 Å². The van der Waals surface area contributed by atoms with E-state index in [0.717, 1.165) is 44.5 Å². The lowest BCUT2D eigenvalue weighted by Crippen LogP contribution is -2.12. The van der Waals surface area contributed by atoms with Gasteiger partial charge in [0, 0.05) is 16.1 Å². The molecule has 0 unspecified atom stereocenters. The van der Waals surface area contributed by atoms with Crippen molar-refractivity contribution in [1.29, 1.82) is 0 Å². The van der Waals surface area contributed by atoms with Gasteiger partial charge < -0.3 is 5.11 Å². The van der Waals surface area contributed by atoms with Crippen LogP contribution in [0.15, 0.2) is 48.5 Å². The van der Waals surface area contributed by atoms with Crippen molar-refractivity contribution in [2.24, 2.45) is 0 Å². The number of hydrogen-bond acceptors (Lipinski definition) is 3. The number of rotatable bonds is 2. The Hall–Kier alpha value is -2.85. The van der Waals surface area contributed by atoms with Gasteiger partial charge in [-0.25, -0.2) is 0 Å². The SMILES string of the molecule is Cc1cc(-c2ccc(-n3nc4ccc(Cl)cc4n3)cc2C)c(O)c(C(C)(C)C)c1. The van der Waals surface area contributed by atoms with Gasteiger partial charge in [0.1, 0.15) is 16.8 Å². The van der Waals surface area contributed by atoms with E-state index in [-0.39, 0.29) is 5.41 Å². The quantitative estimate of drug-likeness (QED) is 0.422. The minimum Gasteiger partial charge on any atom is -0.507 e. The molecule has 4 aromatic rings. The van der Waals surface area contributed by atoms with Gasteiger partial charge in [-0.3, -0.25) is 0 Å². The predicted octanol–water partition coefficient (Wildman–Crippen LogP) is 6.36. The first kappa shape index (κ1) is 19.5. The molecule has 0 fully saturated rings. The number of benzene rings is 3. The fraction of sp³-hybridized carbons (Fsp3) is 0.250. The zero-order valence-corrected chi connectivity index (χ0v) is 18.0. The normalized spacial score (nSPS) is 11.9. The summed E-state index contributed by atoms with van der Waals surface area (Å²) in [4.78, 5) is 1.62. The Morgan fingerprint density at radius 2 is 1.59 bits per heavy atom. The van der Waals surface area contributed by atoms with Crippen LogP contribution in [0.5, 0.6) is 5.75 Å². The highest BCUT2D eigenvalue weighted by Crippen LogP contribution is 2.40. The number of aromatic hydroxyl groups is 1. The summed E-state index contributed by atoms with van der Waals surface area (Å²) in [6.45, 7) is 10.4. The zero-order chi connectivity index (χ0) is 20.9. The summed E-state index contributed by atoms with van der Waals surface area (Å²) in [6, 6.07) is 15.6. The van der Waals surface area contributed by atoms with Crippen molar-refractivity contribution in [3.8, 4) is 22.6 Å². The van der Waals surface area contributed by atoms with Crippen LogP contribution in [-0.4, -0.2) is 20.1 Å². The van der Waals surface area contributed by atoms with E-state index in [9.17, 15) is 5.11 Å². The largest absolute Gasteiger partial charge is 0.507 e. The van der Waals surface area contributed by atoms with Crippen molar-refractivity contribution in [3.05, 3.63) is 70.2 Å². The summed E-state index contributed by atoms with van der Waals surface area (Å²) in [5.74, 6) is 0.344. The van der Waals surface area contributed by atoms with Crippen LogP contribution in [0.4, 0.5) is 0 Å². The Labute approximate surface area is 175 Å². The maximum Gasteiger partial charge on any atom is 0.127 e. The lowest BCUT2D eigenvalue weighted by Gasteiger charge is -2.23. The number of hydrogen-bond donors (Lipinski definition) is 1. The van der Waals surface area contributed by atoms with Gasteiger partial charge in [0.2, 0.25) is 0 Å². The minimum absolute atomic E-state index is 0.140. The molecule has 0 atom stereocenters. The third kappa shape index (κ3) is 3.60. The number of aryl methyl sites for hydroxylation is 2. The maximum atomic E-state index is 11.0. The summed E-state index contributed by atoms with van der Waals surface area (Å²) in [7, 11) is 0. The number of phenolic OH excluding ortho intramolecular Hbond substituents is 1. The Morgan fingerprint density at radius 1 is 0.862 bits per heavy atom. The molecule has 0 radical (unpaired) electrons. The van der Waals surface area contributed by atoms with Crippen LogP contribution < -0.4 is 0 Å². The first-order valence-electron chi connectivity index (χ1n) is 9.61. The van der Waals surface area contributed by atoms with Gasteiger partial charge >= 0.3 is 0 Å². The van der Waals surface area contributed by atoms with Crippen molar-refractivity contribution < 1.29 is 5.11 Å². The Balaban J connectivity index is 1.81. The molecule has 148 valence electrons. The number of aromatic nitrogens is 3. The summed E-state index contributed by atoms with van der Waals surface area (Å²) >= 11 is 6.06. The van der Waals surface area contributed by atoms with Crippen LogP contribution in [0.25, 0.3) is 27.8 Å². The molecule has 29 heavy (non-hydrogen) atoms. The molecular weight excluding hydrogens is 382 g/mol. The highest BCUT2D eigenvalue weighted by atomic mass is 35.5. The molecule has 3 aromatic carbocycles. The van der Waals surface area contributed by atoms with E-state index in [1.54, 1.807) is 10.9 Å². The summed E-state index contributed by atoms with van der Waals surface area (Å²) in [5.41, 5.74) is 7.25. The molecule has 5 heteroatoms. The highest BCUT2D eigenvalue weighted by Gasteiger charge is 2.22. The monoisotopic (exact) mass is 405 g/mol. The van der Waals surface area contributed by atoms with Gasteiger partial charge in [-0.1, -0.05) is 44.5 Å². The van der Waals surface area contributed by atoms with Crippen molar-refractivity contribution in [1.82, 2.24) is 15.0 Å². The lowest BCUT2D eigenvalue weighted by atomic mass is 9.83. The van der Waals surface area contributed by atoms with E-state index in [2.05, 4.69) is 44.0 Å². The first-order valence-corrected chi connectivity index (χ1v) is 9.99. The van der Waals surface area contributed by atoms with E-state index in [1.807, 2.05) is 43.3 Å². The van der Waals surface area contributed by atoms with Gasteiger partial charge in [-0.15, -0.1) is 10.2 Å². The number of halogens is 1. The molecular formula is C24H24ClN3O. The molecule has 1 aromatic heterocycles. The van der Waals surface area contributed by atoms with Crippen LogP contribution in [0, 0.1) is 13.8 Å². The molecule has 0 amide bonds. The van der Waals surface area contributed by atoms with Gasteiger partial charge in [-0.05, 0) is 72.4 Å². The number of fused-ring (bicyclic) bond motifs is 1. The second-order valence-corrected chi connectivity index (χ2v) is 9.02. The predicted molar refractivity (Wildman–Crippen MR) is 119 cm³/mol. The minimum atomic E-state index is -0.140. The number of nitrogens with zero attached hydrogens (tertiary/aromatic N) is 3. The summed E-state index contributed by atoms with van der Waals surface area (Å²) < 4.78 is 0. The van der Waals surface area contributed by atoms with Crippen molar-refractivity contribution in [2.45, 2.75) is 40.0 Å². The average molecular weight is 406 g/mol. The number of phenols is 1. The van der Waals surface area contributed by atoms with Gasteiger partial charge in [0.05, 0.1) is 5.69 Å². The van der Waals surface area contributed by atoms with E-state index in [4.69, 9.17) is 11.6 Å². The molecule has 0 aliphatic rings.